The third kappa shape index (κ3) is 4.32. The van der Waals surface area contributed by atoms with Crippen LogP contribution in [0.15, 0.2) is 12.4 Å². The van der Waals surface area contributed by atoms with E-state index < -0.39 is 0 Å². The van der Waals surface area contributed by atoms with Gasteiger partial charge in [0.05, 0.1) is 13.2 Å². The minimum absolute atomic E-state index is 0.0160. The normalized spacial score (nSPS) is 20.8. The number of carbonyl (C=O) groups excluding carboxylic acids is 1. The number of hydrogen-bond donors (Lipinski definition) is 0. The summed E-state index contributed by atoms with van der Waals surface area (Å²) in [6.07, 6.45) is 6.04. The van der Waals surface area contributed by atoms with E-state index in [1.54, 1.807) is 19.0 Å². The standard InChI is InChI=1S/C18H27N3O3/c1-20(2)18(22)13-24-12-16-8-19-7-15-10-21(5-3-17(15)16)9-14-4-6-23-11-14/h7-8,14H,3-6,9-13H2,1-2H3. The van der Waals surface area contributed by atoms with Crippen molar-refractivity contribution in [1.29, 1.82) is 0 Å². The van der Waals surface area contributed by atoms with E-state index in [0.29, 0.717) is 12.5 Å². The molecule has 0 bridgehead atoms. The van der Waals surface area contributed by atoms with Crippen LogP contribution in [0.4, 0.5) is 0 Å². The van der Waals surface area contributed by atoms with Gasteiger partial charge in [0.15, 0.2) is 0 Å². The molecule has 0 radical (unpaired) electrons. The molecule has 0 spiro atoms. The van der Waals surface area contributed by atoms with Gasteiger partial charge >= 0.3 is 0 Å². The summed E-state index contributed by atoms with van der Waals surface area (Å²) < 4.78 is 11.1. The zero-order valence-electron chi connectivity index (χ0n) is 14.7. The third-order valence-electron chi connectivity index (χ3n) is 4.83. The summed E-state index contributed by atoms with van der Waals surface area (Å²) in [5.41, 5.74) is 3.75. The summed E-state index contributed by atoms with van der Waals surface area (Å²) in [6.45, 7) is 5.49. The summed E-state index contributed by atoms with van der Waals surface area (Å²) in [5.74, 6) is 0.654. The number of ether oxygens (including phenoxy) is 2. The van der Waals surface area contributed by atoms with Gasteiger partial charge in [-0.05, 0) is 35.4 Å². The fourth-order valence-corrected chi connectivity index (χ4v) is 3.38. The summed E-state index contributed by atoms with van der Waals surface area (Å²) in [4.78, 5) is 20.0. The molecule has 6 nitrogen and oxygen atoms in total. The lowest BCUT2D eigenvalue weighted by Crippen LogP contribution is -2.35. The predicted octanol–water partition coefficient (Wildman–Crippen LogP) is 1.08. The molecule has 0 aliphatic carbocycles. The molecule has 0 aromatic carbocycles. The first kappa shape index (κ1) is 17.3. The van der Waals surface area contributed by atoms with E-state index in [-0.39, 0.29) is 12.5 Å². The van der Waals surface area contributed by atoms with Crippen molar-refractivity contribution in [2.45, 2.75) is 26.0 Å². The van der Waals surface area contributed by atoms with Crippen LogP contribution in [-0.2, 0) is 33.8 Å². The van der Waals surface area contributed by atoms with Gasteiger partial charge in [0.25, 0.3) is 0 Å². The molecule has 1 fully saturated rings. The van der Waals surface area contributed by atoms with Crippen molar-refractivity contribution in [2.75, 3.05) is 47.0 Å². The van der Waals surface area contributed by atoms with Gasteiger partial charge in [-0.15, -0.1) is 0 Å². The van der Waals surface area contributed by atoms with Crippen LogP contribution in [0, 0.1) is 5.92 Å². The predicted molar refractivity (Wildman–Crippen MR) is 90.5 cm³/mol. The van der Waals surface area contributed by atoms with E-state index in [9.17, 15) is 4.79 Å². The van der Waals surface area contributed by atoms with Crippen LogP contribution in [0.2, 0.25) is 0 Å². The zero-order chi connectivity index (χ0) is 16.9. The number of rotatable bonds is 6. The highest BCUT2D eigenvalue weighted by Crippen LogP contribution is 2.24. The minimum atomic E-state index is -0.0160. The van der Waals surface area contributed by atoms with Gasteiger partial charge in [-0.25, -0.2) is 0 Å². The van der Waals surface area contributed by atoms with E-state index >= 15 is 0 Å². The van der Waals surface area contributed by atoms with Gasteiger partial charge in [0, 0.05) is 52.7 Å². The summed E-state index contributed by atoms with van der Waals surface area (Å²) in [5, 5.41) is 0. The Balaban J connectivity index is 1.56. The van der Waals surface area contributed by atoms with Gasteiger partial charge in [0.1, 0.15) is 6.61 Å². The van der Waals surface area contributed by atoms with Crippen molar-refractivity contribution in [3.8, 4) is 0 Å². The summed E-state index contributed by atoms with van der Waals surface area (Å²) in [6, 6.07) is 0. The SMILES string of the molecule is CN(C)C(=O)COCc1cncc2c1CCN(CC1CCOC1)C2. The highest BCUT2D eigenvalue weighted by Gasteiger charge is 2.24. The number of hydrogen-bond acceptors (Lipinski definition) is 5. The molecular formula is C18H27N3O3. The molecule has 1 amide bonds. The Bertz CT molecular complexity index is 571. The van der Waals surface area contributed by atoms with E-state index in [2.05, 4.69) is 9.88 Å². The average Bonchev–Trinajstić information content (AvgIpc) is 3.07. The zero-order valence-corrected chi connectivity index (χ0v) is 14.7. The van der Waals surface area contributed by atoms with Gasteiger partial charge in [-0.2, -0.15) is 0 Å². The number of pyridine rings is 1. The maximum absolute atomic E-state index is 11.6. The van der Waals surface area contributed by atoms with Crippen molar-refractivity contribution < 1.29 is 14.3 Å². The Kier molecular flexibility index (Phi) is 5.81. The lowest BCUT2D eigenvalue weighted by molar-refractivity contribution is -0.133. The molecule has 1 unspecified atom stereocenters. The first-order valence-corrected chi connectivity index (χ1v) is 8.66. The second-order valence-electron chi connectivity index (χ2n) is 6.93. The Morgan fingerprint density at radius 1 is 1.46 bits per heavy atom. The first-order chi connectivity index (χ1) is 11.6. The molecule has 3 rings (SSSR count). The number of amides is 1. The first-order valence-electron chi connectivity index (χ1n) is 8.66. The molecule has 24 heavy (non-hydrogen) atoms. The molecule has 1 aromatic heterocycles. The molecule has 3 heterocycles. The van der Waals surface area contributed by atoms with Crippen LogP contribution < -0.4 is 0 Å². The molecule has 1 aromatic rings. The second-order valence-corrected chi connectivity index (χ2v) is 6.93. The van der Waals surface area contributed by atoms with Crippen molar-refractivity contribution in [3.05, 3.63) is 29.1 Å². The molecule has 1 saturated heterocycles. The maximum atomic E-state index is 11.6. The molecule has 2 aliphatic heterocycles. The van der Waals surface area contributed by atoms with Crippen molar-refractivity contribution in [1.82, 2.24) is 14.8 Å². The van der Waals surface area contributed by atoms with E-state index in [1.807, 2.05) is 12.4 Å². The smallest absolute Gasteiger partial charge is 0.248 e. The summed E-state index contributed by atoms with van der Waals surface area (Å²) >= 11 is 0. The molecule has 132 valence electrons. The van der Waals surface area contributed by atoms with Gasteiger partial charge in [-0.3, -0.25) is 14.7 Å². The molecule has 0 N–H and O–H groups in total. The third-order valence-corrected chi connectivity index (χ3v) is 4.83. The monoisotopic (exact) mass is 333 g/mol. The Hall–Kier alpha value is -1.50. The Labute approximate surface area is 143 Å². The van der Waals surface area contributed by atoms with Gasteiger partial charge in [0.2, 0.25) is 5.91 Å². The fourth-order valence-electron chi connectivity index (χ4n) is 3.38. The van der Waals surface area contributed by atoms with Crippen molar-refractivity contribution in [3.63, 3.8) is 0 Å². The average molecular weight is 333 g/mol. The van der Waals surface area contributed by atoms with Crippen LogP contribution in [0.1, 0.15) is 23.1 Å². The van der Waals surface area contributed by atoms with E-state index in [1.165, 1.54) is 17.5 Å². The van der Waals surface area contributed by atoms with Crippen molar-refractivity contribution in [2.24, 2.45) is 5.92 Å². The van der Waals surface area contributed by atoms with E-state index in [4.69, 9.17) is 9.47 Å². The minimum Gasteiger partial charge on any atom is -0.381 e. The van der Waals surface area contributed by atoms with Crippen LogP contribution in [-0.4, -0.2) is 67.7 Å². The van der Waals surface area contributed by atoms with Crippen LogP contribution >= 0.6 is 0 Å². The highest BCUT2D eigenvalue weighted by atomic mass is 16.5. The molecule has 2 aliphatic rings. The van der Waals surface area contributed by atoms with Crippen LogP contribution in [0.5, 0.6) is 0 Å². The number of carbonyl (C=O) groups is 1. The number of fused-ring (bicyclic) bond motifs is 1. The fraction of sp³-hybridized carbons (Fsp3) is 0.667. The molecular weight excluding hydrogens is 306 g/mol. The quantitative estimate of drug-likeness (QED) is 0.780. The van der Waals surface area contributed by atoms with Crippen LogP contribution in [0.25, 0.3) is 0 Å². The van der Waals surface area contributed by atoms with Gasteiger partial charge in [-0.1, -0.05) is 0 Å². The number of aromatic nitrogens is 1. The van der Waals surface area contributed by atoms with Crippen molar-refractivity contribution >= 4 is 5.91 Å². The number of nitrogens with zero attached hydrogens (tertiary/aromatic N) is 3. The Morgan fingerprint density at radius 2 is 2.33 bits per heavy atom. The molecule has 0 saturated carbocycles. The van der Waals surface area contributed by atoms with Gasteiger partial charge < -0.3 is 14.4 Å². The maximum Gasteiger partial charge on any atom is 0.248 e. The van der Waals surface area contributed by atoms with Crippen LogP contribution in [0.3, 0.4) is 0 Å². The second kappa shape index (κ2) is 8.05. The van der Waals surface area contributed by atoms with E-state index in [0.717, 1.165) is 44.8 Å². The lowest BCUT2D eigenvalue weighted by atomic mass is 9.96. The highest BCUT2D eigenvalue weighted by molar-refractivity contribution is 5.76. The lowest BCUT2D eigenvalue weighted by Gasteiger charge is -2.31. The molecule has 1 atom stereocenters. The topological polar surface area (TPSA) is 54.9 Å². The molecule has 6 heteroatoms. The Morgan fingerprint density at radius 3 is 3.08 bits per heavy atom. The largest absolute Gasteiger partial charge is 0.381 e. The number of likely N-dealkylation sites (N-methyl/N-ethyl adjacent to an activating group) is 1. The summed E-state index contributed by atoms with van der Waals surface area (Å²) in [7, 11) is 3.48.